The third-order valence-electron chi connectivity index (χ3n) is 13.4. The van der Waals surface area contributed by atoms with E-state index in [2.05, 4.69) is 0 Å². The van der Waals surface area contributed by atoms with Crippen molar-refractivity contribution in [1.82, 2.24) is 5.06 Å². The number of nitrogens with zero attached hydrogens (tertiary/aromatic N) is 3. The topological polar surface area (TPSA) is 306 Å². The Morgan fingerprint density at radius 1 is 0.662 bits per heavy atom. The molecule has 1 fully saturated rings. The van der Waals surface area contributed by atoms with Gasteiger partial charge in [0, 0.05) is 86.9 Å². The maximum Gasteiger partial charge on any atom is 0.333 e. The van der Waals surface area contributed by atoms with Crippen LogP contribution in [0.15, 0.2) is 69.6 Å². The zero-order valence-electron chi connectivity index (χ0n) is 44.3. The standard InChI is InChI=1S/C51H73N3O20S3/c1-38(35-46-51(3,18-21-67-4)42-37-40(77(64,65)66)11-13-43(42)52(46)19-8-6-7-10-49(57)74-54-47(55)15-16-48(54)56)34-45-50(2,17-9-33-75(58,59)60)41-36-39(76(61,62)63)12-14-44(41)53(45)20-22-69-25-26-71-29-30-73-32-31-72-28-27-70-24-23-68-5/h11-14,34-37H,6-10,15-33H2,1-5H3,(H2-,58,59,60,61,62,63,64,65,66)/p-2. The van der Waals surface area contributed by atoms with Gasteiger partial charge in [-0.2, -0.15) is 4.58 Å². The number of fused-ring (bicyclic) bond motifs is 2. The van der Waals surface area contributed by atoms with Crippen molar-refractivity contribution >= 4 is 65.2 Å². The van der Waals surface area contributed by atoms with Crippen molar-refractivity contribution in [2.75, 3.05) is 117 Å². The first-order chi connectivity index (χ1) is 36.4. The molecule has 430 valence electrons. The van der Waals surface area contributed by atoms with Gasteiger partial charge >= 0.3 is 5.97 Å². The molecule has 5 rings (SSSR count). The number of hydroxylamine groups is 2. The Labute approximate surface area is 451 Å². The summed E-state index contributed by atoms with van der Waals surface area (Å²) in [6, 6.07) is 8.16. The Morgan fingerprint density at radius 3 is 1.74 bits per heavy atom. The zero-order chi connectivity index (χ0) is 56.4. The molecule has 2 aromatic carbocycles. The van der Waals surface area contributed by atoms with Crippen LogP contribution >= 0.6 is 0 Å². The van der Waals surface area contributed by atoms with E-state index in [0.717, 1.165) is 0 Å². The van der Waals surface area contributed by atoms with Crippen LogP contribution in [0.2, 0.25) is 0 Å². The molecule has 2 aromatic rings. The maximum absolute atomic E-state index is 12.6. The molecule has 1 saturated heterocycles. The molecule has 0 saturated carbocycles. The van der Waals surface area contributed by atoms with E-state index in [-0.39, 0.29) is 65.1 Å². The fourth-order valence-electron chi connectivity index (χ4n) is 9.49. The lowest BCUT2D eigenvalue weighted by Gasteiger charge is -2.31. The van der Waals surface area contributed by atoms with Gasteiger partial charge in [0.2, 0.25) is 5.69 Å². The number of allylic oxidation sites excluding steroid dienone is 4. The van der Waals surface area contributed by atoms with Crippen molar-refractivity contribution in [3.63, 3.8) is 0 Å². The molecule has 2 unspecified atom stereocenters. The molecule has 23 nitrogen and oxygen atoms in total. The van der Waals surface area contributed by atoms with Gasteiger partial charge in [-0.05, 0) is 100 Å². The summed E-state index contributed by atoms with van der Waals surface area (Å²) in [5, 5.41) is 0.498. The second kappa shape index (κ2) is 29.1. The van der Waals surface area contributed by atoms with Crippen LogP contribution < -0.4 is 4.90 Å². The molecule has 0 radical (unpaired) electrons. The Bertz CT molecular complexity index is 2800. The summed E-state index contributed by atoms with van der Waals surface area (Å²) < 4.78 is 151. The molecule has 2 atom stereocenters. The van der Waals surface area contributed by atoms with Gasteiger partial charge in [-0.1, -0.05) is 6.42 Å². The maximum atomic E-state index is 12.6. The highest BCUT2D eigenvalue weighted by Gasteiger charge is 2.49. The van der Waals surface area contributed by atoms with Gasteiger partial charge in [-0.25, -0.2) is 30.0 Å². The Kier molecular flexibility index (Phi) is 23.9. The molecule has 26 heteroatoms. The van der Waals surface area contributed by atoms with Gasteiger partial charge in [-0.3, -0.25) is 9.59 Å². The van der Waals surface area contributed by atoms with Crippen LogP contribution in [-0.4, -0.2) is 184 Å². The number of hydrogen-bond donors (Lipinski definition) is 0. The number of carbonyl (C=O) groups excluding carboxylic acids is 3. The number of anilines is 1. The van der Waals surface area contributed by atoms with Crippen molar-refractivity contribution in [1.29, 1.82) is 0 Å². The lowest BCUT2D eigenvalue weighted by atomic mass is 9.75. The molecule has 0 bridgehead atoms. The quantitative estimate of drug-likeness (QED) is 0.0406. The SMILES string of the molecule is COCCOCCOCCOCCOCCOCC[N+]1=C(C=C(C)C=C2N(CCCCCC(=O)ON3C(=O)CCC3=O)c3ccc(S(=O)(=O)[O-])cc3C2(C)CCOC)C(C)(CCCS(=O)(=O)[O-])c2cc(S(=O)(=O)[O-])ccc21. The Morgan fingerprint density at radius 2 is 1.19 bits per heavy atom. The van der Waals surface area contributed by atoms with Crippen LogP contribution in [0.5, 0.6) is 0 Å². The van der Waals surface area contributed by atoms with E-state index in [4.69, 9.17) is 38.0 Å². The minimum absolute atomic E-state index is 0.0371. The van der Waals surface area contributed by atoms with Gasteiger partial charge in [0.05, 0.1) is 91.4 Å². The highest BCUT2D eigenvalue weighted by atomic mass is 32.2. The number of amides is 2. The molecule has 0 aliphatic carbocycles. The van der Waals surface area contributed by atoms with Gasteiger partial charge in [0.1, 0.15) is 26.8 Å². The van der Waals surface area contributed by atoms with Crippen LogP contribution in [0, 0.1) is 0 Å². The average molecular weight is 1140 g/mol. The monoisotopic (exact) mass is 1140 g/mol. The third-order valence-corrected chi connectivity index (χ3v) is 15.9. The second-order valence-corrected chi connectivity index (χ2v) is 23.3. The van der Waals surface area contributed by atoms with Gasteiger partial charge in [-0.15, -0.1) is 5.06 Å². The molecule has 0 spiro atoms. The zero-order valence-corrected chi connectivity index (χ0v) is 46.8. The number of rotatable bonds is 36. The summed E-state index contributed by atoms with van der Waals surface area (Å²) in [6.45, 7) is 10.1. The smallest absolute Gasteiger partial charge is 0.333 e. The fourth-order valence-corrected chi connectivity index (χ4v) is 11.0. The third kappa shape index (κ3) is 18.0. The van der Waals surface area contributed by atoms with Gasteiger partial charge < -0.3 is 56.6 Å². The number of benzene rings is 2. The number of methoxy groups -OCH3 is 2. The number of ether oxygens (including phenoxy) is 7. The first-order valence-electron chi connectivity index (χ1n) is 25.3. The molecule has 0 N–H and O–H groups in total. The lowest BCUT2D eigenvalue weighted by Crippen LogP contribution is -2.33. The molecule has 0 aromatic heterocycles. The average Bonchev–Trinajstić information content (AvgIpc) is 4.03. The summed E-state index contributed by atoms with van der Waals surface area (Å²) in [5.41, 5.74) is 1.80. The van der Waals surface area contributed by atoms with Crippen LogP contribution in [0.1, 0.15) is 89.7 Å². The Balaban J connectivity index is 1.43. The summed E-state index contributed by atoms with van der Waals surface area (Å²) in [6.07, 6.45) is 5.16. The fraction of sp³-hybridized carbons (Fsp3) is 0.608. The molecule has 3 aliphatic heterocycles. The predicted octanol–water partition coefficient (Wildman–Crippen LogP) is 3.72. The minimum Gasteiger partial charge on any atom is -0.748 e. The van der Waals surface area contributed by atoms with Crippen LogP contribution in [0.4, 0.5) is 11.4 Å². The van der Waals surface area contributed by atoms with Gasteiger partial charge in [0.15, 0.2) is 12.3 Å². The number of unbranched alkanes of at least 4 members (excludes halogenated alkanes) is 2. The summed E-state index contributed by atoms with van der Waals surface area (Å²) in [5.74, 6) is -2.62. The number of imide groups is 1. The van der Waals surface area contributed by atoms with E-state index in [1.165, 1.54) is 37.4 Å². The summed E-state index contributed by atoms with van der Waals surface area (Å²) >= 11 is 0. The second-order valence-electron chi connectivity index (χ2n) is 19.1. The number of carbonyl (C=O) groups is 3. The first-order valence-corrected chi connectivity index (χ1v) is 29.7. The van der Waals surface area contributed by atoms with Crippen molar-refractivity contribution in [3.05, 3.63) is 70.9 Å². The lowest BCUT2D eigenvalue weighted by molar-refractivity contribution is -0.442. The van der Waals surface area contributed by atoms with E-state index in [0.29, 0.717) is 130 Å². The largest absolute Gasteiger partial charge is 0.748 e. The highest BCUT2D eigenvalue weighted by Crippen LogP contribution is 2.51. The summed E-state index contributed by atoms with van der Waals surface area (Å²) in [7, 11) is -11.4. The van der Waals surface area contributed by atoms with Crippen LogP contribution in [0.3, 0.4) is 0 Å². The Hall–Kier alpha value is -4.55. The minimum atomic E-state index is -4.96. The molecule has 77 heavy (non-hydrogen) atoms. The van der Waals surface area contributed by atoms with E-state index < -0.39 is 74.5 Å². The van der Waals surface area contributed by atoms with Crippen molar-refractivity contribution in [2.24, 2.45) is 0 Å². The molecule has 3 heterocycles. The molecular weight excluding hydrogens is 1070 g/mol. The van der Waals surface area contributed by atoms with Crippen molar-refractivity contribution in [3.8, 4) is 0 Å². The first kappa shape index (κ1) is 63.3. The van der Waals surface area contributed by atoms with Crippen LogP contribution in [0.25, 0.3) is 0 Å². The van der Waals surface area contributed by atoms with Crippen molar-refractivity contribution < 1.29 is 95.9 Å². The van der Waals surface area contributed by atoms with Crippen LogP contribution in [-0.2, 0) is 93.6 Å². The van der Waals surface area contributed by atoms with E-state index in [1.807, 2.05) is 35.5 Å². The van der Waals surface area contributed by atoms with Gasteiger partial charge in [0.25, 0.3) is 11.8 Å². The highest BCUT2D eigenvalue weighted by molar-refractivity contribution is 7.86. The summed E-state index contributed by atoms with van der Waals surface area (Å²) in [4.78, 5) is 42.7. The predicted molar refractivity (Wildman–Crippen MR) is 274 cm³/mol. The van der Waals surface area contributed by atoms with E-state index >= 15 is 0 Å². The normalized spacial score (nSPS) is 19.5. The molecule has 3 aliphatic rings. The molecular formula is C51H71N3O20S3-2. The number of hydrogen-bond acceptors (Lipinski definition) is 21. The van der Waals surface area contributed by atoms with E-state index in [9.17, 15) is 53.3 Å². The van der Waals surface area contributed by atoms with E-state index in [1.54, 1.807) is 20.1 Å². The molecule has 2 amide bonds. The van der Waals surface area contributed by atoms with Crippen molar-refractivity contribution in [2.45, 2.75) is 99.2 Å².